The van der Waals surface area contributed by atoms with Crippen LogP contribution >= 0.6 is 11.6 Å². The number of carbonyl (C=O) groups excluding carboxylic acids is 1. The van der Waals surface area contributed by atoms with Crippen LogP contribution < -0.4 is 4.74 Å². The summed E-state index contributed by atoms with van der Waals surface area (Å²) < 4.78 is 10.6. The minimum Gasteiger partial charge on any atom is -0.496 e. The molecule has 1 unspecified atom stereocenters. The number of rotatable bonds is 5. The third-order valence-electron chi connectivity index (χ3n) is 3.56. The summed E-state index contributed by atoms with van der Waals surface area (Å²) >= 11 is 6.00. The first kappa shape index (κ1) is 15.1. The van der Waals surface area contributed by atoms with E-state index in [9.17, 15) is 4.79 Å². The minimum atomic E-state index is 0.127. The highest BCUT2D eigenvalue weighted by molar-refractivity contribution is 6.30. The standard InChI is InChI=1S/C15H20ClNO3/c1-17(15(18)7-11-5-6-20-10-11)9-12-8-13(16)3-4-14(12)19-2/h3-4,8,11H,5-7,9-10H2,1-2H3. The summed E-state index contributed by atoms with van der Waals surface area (Å²) in [5, 5.41) is 0.644. The maximum absolute atomic E-state index is 12.2. The average Bonchev–Trinajstić information content (AvgIpc) is 2.91. The molecular weight excluding hydrogens is 278 g/mol. The Labute approximate surface area is 124 Å². The molecule has 1 fully saturated rings. The van der Waals surface area contributed by atoms with Gasteiger partial charge in [-0.25, -0.2) is 0 Å². The Morgan fingerprint density at radius 1 is 1.55 bits per heavy atom. The molecule has 5 heteroatoms. The Balaban J connectivity index is 1.97. The quantitative estimate of drug-likeness (QED) is 0.839. The second-order valence-corrected chi connectivity index (χ2v) is 5.58. The number of methoxy groups -OCH3 is 1. The Morgan fingerprint density at radius 3 is 3.00 bits per heavy atom. The van der Waals surface area contributed by atoms with Crippen LogP contribution in [0.15, 0.2) is 18.2 Å². The fourth-order valence-corrected chi connectivity index (χ4v) is 2.56. The largest absolute Gasteiger partial charge is 0.496 e. The smallest absolute Gasteiger partial charge is 0.222 e. The summed E-state index contributed by atoms with van der Waals surface area (Å²) in [5.41, 5.74) is 0.915. The third-order valence-corrected chi connectivity index (χ3v) is 3.80. The van der Waals surface area contributed by atoms with Gasteiger partial charge >= 0.3 is 0 Å². The monoisotopic (exact) mass is 297 g/mol. The van der Waals surface area contributed by atoms with Crippen molar-refractivity contribution in [2.24, 2.45) is 5.92 Å². The van der Waals surface area contributed by atoms with Gasteiger partial charge in [-0.2, -0.15) is 0 Å². The lowest BCUT2D eigenvalue weighted by molar-refractivity contribution is -0.131. The van der Waals surface area contributed by atoms with E-state index in [0.29, 0.717) is 30.5 Å². The van der Waals surface area contributed by atoms with Crippen LogP contribution in [0, 0.1) is 5.92 Å². The summed E-state index contributed by atoms with van der Waals surface area (Å²) in [6, 6.07) is 5.44. The minimum absolute atomic E-state index is 0.127. The van der Waals surface area contributed by atoms with E-state index < -0.39 is 0 Å². The van der Waals surface area contributed by atoms with Crippen LogP contribution in [-0.2, 0) is 16.1 Å². The number of hydrogen-bond donors (Lipinski definition) is 0. The molecule has 1 amide bonds. The van der Waals surface area contributed by atoms with Gasteiger partial charge in [-0.1, -0.05) is 11.6 Å². The number of nitrogens with zero attached hydrogens (tertiary/aromatic N) is 1. The second-order valence-electron chi connectivity index (χ2n) is 5.14. The van der Waals surface area contributed by atoms with Crippen molar-refractivity contribution in [3.05, 3.63) is 28.8 Å². The predicted octanol–water partition coefficient (Wildman–Crippen LogP) is 2.73. The van der Waals surface area contributed by atoms with Gasteiger partial charge in [-0.3, -0.25) is 4.79 Å². The molecule has 4 nitrogen and oxygen atoms in total. The highest BCUT2D eigenvalue weighted by atomic mass is 35.5. The number of amides is 1. The van der Waals surface area contributed by atoms with Gasteiger partial charge in [0.05, 0.1) is 7.11 Å². The summed E-state index contributed by atoms with van der Waals surface area (Å²) in [5.74, 6) is 1.23. The highest BCUT2D eigenvalue weighted by Gasteiger charge is 2.21. The molecule has 2 rings (SSSR count). The van der Waals surface area contributed by atoms with Crippen molar-refractivity contribution in [1.29, 1.82) is 0 Å². The molecule has 0 aromatic heterocycles. The zero-order valence-corrected chi connectivity index (χ0v) is 12.7. The molecule has 0 N–H and O–H groups in total. The van der Waals surface area contributed by atoms with Crippen LogP contribution in [0.1, 0.15) is 18.4 Å². The van der Waals surface area contributed by atoms with E-state index in [0.717, 1.165) is 24.3 Å². The number of hydrogen-bond acceptors (Lipinski definition) is 3. The molecular formula is C15H20ClNO3. The number of carbonyl (C=O) groups is 1. The van der Waals surface area contributed by atoms with Crippen molar-refractivity contribution in [2.45, 2.75) is 19.4 Å². The zero-order valence-electron chi connectivity index (χ0n) is 11.9. The van der Waals surface area contributed by atoms with Gasteiger partial charge in [0.25, 0.3) is 0 Å². The molecule has 1 saturated heterocycles. The number of benzene rings is 1. The lowest BCUT2D eigenvalue weighted by Crippen LogP contribution is -2.28. The van der Waals surface area contributed by atoms with Crippen molar-refractivity contribution < 1.29 is 14.3 Å². The van der Waals surface area contributed by atoms with Crippen molar-refractivity contribution in [3.8, 4) is 5.75 Å². The third kappa shape index (κ3) is 3.87. The topological polar surface area (TPSA) is 38.8 Å². The Hall–Kier alpha value is -1.26. The predicted molar refractivity (Wildman–Crippen MR) is 78.0 cm³/mol. The van der Waals surface area contributed by atoms with E-state index in [2.05, 4.69) is 0 Å². The maximum atomic E-state index is 12.2. The van der Waals surface area contributed by atoms with Crippen molar-refractivity contribution >= 4 is 17.5 Å². The molecule has 0 saturated carbocycles. The molecule has 0 bridgehead atoms. The maximum Gasteiger partial charge on any atom is 0.222 e. The van der Waals surface area contributed by atoms with Gasteiger partial charge in [0, 0.05) is 43.8 Å². The van der Waals surface area contributed by atoms with E-state index >= 15 is 0 Å². The van der Waals surface area contributed by atoms with Crippen molar-refractivity contribution in [2.75, 3.05) is 27.4 Å². The summed E-state index contributed by atoms with van der Waals surface area (Å²) in [6.07, 6.45) is 1.51. The lowest BCUT2D eigenvalue weighted by atomic mass is 10.0. The van der Waals surface area contributed by atoms with Crippen molar-refractivity contribution in [1.82, 2.24) is 4.90 Å². The first-order valence-corrected chi connectivity index (χ1v) is 7.12. The Morgan fingerprint density at radius 2 is 2.35 bits per heavy atom. The van der Waals surface area contributed by atoms with E-state index in [1.165, 1.54) is 0 Å². The first-order chi connectivity index (χ1) is 9.60. The fraction of sp³-hybridized carbons (Fsp3) is 0.533. The van der Waals surface area contributed by atoms with Crippen molar-refractivity contribution in [3.63, 3.8) is 0 Å². The van der Waals surface area contributed by atoms with Gasteiger partial charge in [-0.15, -0.1) is 0 Å². The van der Waals surface area contributed by atoms with Crippen LogP contribution in [0.5, 0.6) is 5.75 Å². The second kappa shape index (κ2) is 6.95. The fourth-order valence-electron chi connectivity index (χ4n) is 2.36. The molecule has 1 aromatic carbocycles. The SMILES string of the molecule is COc1ccc(Cl)cc1CN(C)C(=O)CC1CCOC1. The molecule has 1 aromatic rings. The molecule has 1 heterocycles. The molecule has 0 aliphatic carbocycles. The zero-order chi connectivity index (χ0) is 14.5. The van der Waals surface area contributed by atoms with Crippen LogP contribution in [-0.4, -0.2) is 38.2 Å². The molecule has 1 atom stereocenters. The van der Waals surface area contributed by atoms with Crippen LogP contribution in [0.3, 0.4) is 0 Å². The molecule has 1 aliphatic heterocycles. The van der Waals surface area contributed by atoms with Gasteiger partial charge in [-0.05, 0) is 30.5 Å². The van der Waals surface area contributed by atoms with Gasteiger partial charge < -0.3 is 14.4 Å². The van der Waals surface area contributed by atoms with Gasteiger partial charge in [0.2, 0.25) is 5.91 Å². The van der Waals surface area contributed by atoms with E-state index in [-0.39, 0.29) is 5.91 Å². The molecule has 0 spiro atoms. The number of ether oxygens (including phenoxy) is 2. The van der Waals surface area contributed by atoms with Crippen LogP contribution in [0.2, 0.25) is 5.02 Å². The van der Waals surface area contributed by atoms with Gasteiger partial charge in [0.1, 0.15) is 5.75 Å². The molecule has 110 valence electrons. The molecule has 0 radical (unpaired) electrons. The number of halogens is 1. The Bertz CT molecular complexity index is 472. The summed E-state index contributed by atoms with van der Waals surface area (Å²) in [7, 11) is 3.42. The lowest BCUT2D eigenvalue weighted by Gasteiger charge is -2.20. The van der Waals surface area contributed by atoms with Crippen LogP contribution in [0.4, 0.5) is 0 Å². The molecule has 1 aliphatic rings. The Kier molecular flexibility index (Phi) is 5.26. The summed E-state index contributed by atoms with van der Waals surface area (Å²) in [6.45, 7) is 1.96. The molecule has 20 heavy (non-hydrogen) atoms. The van der Waals surface area contributed by atoms with E-state index in [1.807, 2.05) is 12.1 Å². The summed E-state index contributed by atoms with van der Waals surface area (Å²) in [4.78, 5) is 13.9. The van der Waals surface area contributed by atoms with Crippen LogP contribution in [0.25, 0.3) is 0 Å². The first-order valence-electron chi connectivity index (χ1n) is 6.74. The highest BCUT2D eigenvalue weighted by Crippen LogP contribution is 2.24. The average molecular weight is 298 g/mol. The van der Waals surface area contributed by atoms with Gasteiger partial charge in [0.15, 0.2) is 0 Å². The van der Waals surface area contributed by atoms with E-state index in [4.69, 9.17) is 21.1 Å². The normalized spacial score (nSPS) is 18.1. The van der Waals surface area contributed by atoms with E-state index in [1.54, 1.807) is 25.1 Å².